The minimum Gasteiger partial charge on any atom is -0.320 e. The Morgan fingerprint density at radius 2 is 2.20 bits per heavy atom. The van der Waals surface area contributed by atoms with Crippen LogP contribution in [0.4, 0.5) is 0 Å². The average Bonchev–Trinajstić information content (AvgIpc) is 2.40. The quantitative estimate of drug-likeness (QED) is 0.768. The molecule has 1 aromatic rings. The summed E-state index contributed by atoms with van der Waals surface area (Å²) in [4.78, 5) is 13.9. The lowest BCUT2D eigenvalue weighted by molar-refractivity contribution is 0.0749. The van der Waals surface area contributed by atoms with E-state index in [1.54, 1.807) is 30.0 Å². The van der Waals surface area contributed by atoms with Crippen molar-refractivity contribution in [2.45, 2.75) is 5.37 Å². The fourth-order valence-electron chi connectivity index (χ4n) is 1.96. The van der Waals surface area contributed by atoms with Gasteiger partial charge in [0, 0.05) is 34.3 Å². The first-order valence-corrected chi connectivity index (χ1v) is 10.1. The molecular weight excluding hydrogens is 386 g/mol. The van der Waals surface area contributed by atoms with E-state index in [9.17, 15) is 13.2 Å². The van der Waals surface area contributed by atoms with Crippen molar-refractivity contribution in [2.75, 3.05) is 24.3 Å². The van der Waals surface area contributed by atoms with Crippen molar-refractivity contribution in [3.63, 3.8) is 0 Å². The second kappa shape index (κ2) is 6.25. The van der Waals surface area contributed by atoms with Gasteiger partial charge >= 0.3 is 0 Å². The Kier molecular flexibility index (Phi) is 5.05. The Balaban J connectivity index is 2.32. The summed E-state index contributed by atoms with van der Waals surface area (Å²) in [6, 6.07) is 4.84. The smallest absolute Gasteiger partial charge is 0.255 e. The van der Waals surface area contributed by atoms with Gasteiger partial charge in [0.05, 0.1) is 5.02 Å². The van der Waals surface area contributed by atoms with Crippen molar-refractivity contribution >= 4 is 55.0 Å². The second-order valence-corrected chi connectivity index (χ2v) is 9.10. The molecule has 110 valence electrons. The number of benzene rings is 1. The number of carbonyl (C=O) groups is 1. The van der Waals surface area contributed by atoms with Crippen molar-refractivity contribution < 1.29 is 13.2 Å². The highest BCUT2D eigenvalue weighted by Crippen LogP contribution is 2.26. The molecule has 2 rings (SSSR count). The topological polar surface area (TPSA) is 54.5 Å². The number of carbonyl (C=O) groups excluding carboxylic acids is 1. The monoisotopic (exact) mass is 397 g/mol. The fraction of sp³-hybridized carbons (Fsp3) is 0.417. The first-order valence-electron chi connectivity index (χ1n) is 5.83. The molecule has 20 heavy (non-hydrogen) atoms. The molecule has 0 spiro atoms. The van der Waals surface area contributed by atoms with Gasteiger partial charge in [0.2, 0.25) is 0 Å². The maximum atomic E-state index is 12.5. The Labute approximate surface area is 135 Å². The zero-order valence-electron chi connectivity index (χ0n) is 10.7. The van der Waals surface area contributed by atoms with E-state index in [2.05, 4.69) is 15.9 Å². The van der Waals surface area contributed by atoms with Crippen molar-refractivity contribution in [1.82, 2.24) is 4.90 Å². The van der Waals surface area contributed by atoms with E-state index in [1.165, 1.54) is 11.2 Å². The van der Waals surface area contributed by atoms with E-state index < -0.39 is 15.2 Å². The molecule has 1 unspecified atom stereocenters. The van der Waals surface area contributed by atoms with E-state index in [0.29, 0.717) is 27.4 Å². The number of thioether (sulfide) groups is 1. The van der Waals surface area contributed by atoms with Gasteiger partial charge in [-0.3, -0.25) is 4.79 Å². The third kappa shape index (κ3) is 3.50. The molecule has 1 heterocycles. The zero-order chi connectivity index (χ0) is 14.9. The zero-order valence-corrected chi connectivity index (χ0v) is 14.7. The molecule has 1 amide bonds. The van der Waals surface area contributed by atoms with E-state index in [0.717, 1.165) is 5.75 Å². The Morgan fingerprint density at radius 3 is 2.80 bits per heavy atom. The van der Waals surface area contributed by atoms with Crippen LogP contribution in [0.25, 0.3) is 0 Å². The van der Waals surface area contributed by atoms with E-state index in [-0.39, 0.29) is 5.91 Å². The largest absolute Gasteiger partial charge is 0.320 e. The van der Waals surface area contributed by atoms with Crippen molar-refractivity contribution in [3.8, 4) is 0 Å². The molecule has 1 fully saturated rings. The van der Waals surface area contributed by atoms with Crippen LogP contribution in [-0.2, 0) is 9.84 Å². The van der Waals surface area contributed by atoms with Crippen LogP contribution in [0.5, 0.6) is 0 Å². The minimum atomic E-state index is -3.30. The van der Waals surface area contributed by atoms with Gasteiger partial charge in [0.15, 0.2) is 9.84 Å². The highest BCUT2D eigenvalue weighted by Gasteiger charge is 2.34. The maximum Gasteiger partial charge on any atom is 0.255 e. The normalized spacial score (nSPS) is 19.9. The van der Waals surface area contributed by atoms with Crippen LogP contribution < -0.4 is 0 Å². The van der Waals surface area contributed by atoms with Gasteiger partial charge in [-0.1, -0.05) is 11.6 Å². The number of hydrogen-bond donors (Lipinski definition) is 0. The van der Waals surface area contributed by atoms with Crippen LogP contribution in [0, 0.1) is 0 Å². The standard InChI is InChI=1S/C12H13BrClNO3S2/c1-20(17,18)11-7-19-5-4-15(11)12(16)8-2-3-10(14)9(13)6-8/h2-3,6,11H,4-5,7H2,1H3. The lowest BCUT2D eigenvalue weighted by Crippen LogP contribution is -2.49. The predicted octanol–water partition coefficient (Wildman–Crippen LogP) is 2.66. The summed E-state index contributed by atoms with van der Waals surface area (Å²) in [5.74, 6) is 0.879. The molecule has 0 saturated carbocycles. The molecular formula is C12H13BrClNO3S2. The summed E-state index contributed by atoms with van der Waals surface area (Å²) >= 11 is 10.7. The van der Waals surface area contributed by atoms with Crippen LogP contribution in [0.2, 0.25) is 5.02 Å². The number of amides is 1. The van der Waals surface area contributed by atoms with Crippen LogP contribution in [0.1, 0.15) is 10.4 Å². The van der Waals surface area contributed by atoms with Crippen molar-refractivity contribution in [3.05, 3.63) is 33.3 Å². The van der Waals surface area contributed by atoms with Gasteiger partial charge in [0.1, 0.15) is 5.37 Å². The SMILES string of the molecule is CS(=O)(=O)C1CSCCN1C(=O)c1ccc(Cl)c(Br)c1. The Morgan fingerprint density at radius 1 is 1.50 bits per heavy atom. The molecule has 1 aliphatic rings. The van der Waals surface area contributed by atoms with Gasteiger partial charge in [0.25, 0.3) is 5.91 Å². The van der Waals surface area contributed by atoms with Crippen LogP contribution in [-0.4, -0.2) is 48.9 Å². The Hall–Kier alpha value is -0.240. The summed E-state index contributed by atoms with van der Waals surface area (Å²) in [7, 11) is -3.30. The summed E-state index contributed by atoms with van der Waals surface area (Å²) in [6.07, 6.45) is 1.17. The molecule has 0 N–H and O–H groups in total. The van der Waals surface area contributed by atoms with Gasteiger partial charge in [-0.2, -0.15) is 11.8 Å². The lowest BCUT2D eigenvalue weighted by atomic mass is 10.2. The first-order chi connectivity index (χ1) is 9.30. The molecule has 0 aliphatic carbocycles. The molecule has 0 bridgehead atoms. The number of hydrogen-bond acceptors (Lipinski definition) is 4. The van der Waals surface area contributed by atoms with Gasteiger partial charge in [-0.25, -0.2) is 8.42 Å². The van der Waals surface area contributed by atoms with E-state index in [1.807, 2.05) is 0 Å². The molecule has 1 saturated heterocycles. The van der Waals surface area contributed by atoms with E-state index >= 15 is 0 Å². The van der Waals surface area contributed by atoms with Crippen LogP contribution in [0.15, 0.2) is 22.7 Å². The van der Waals surface area contributed by atoms with Crippen LogP contribution >= 0.6 is 39.3 Å². The summed E-state index contributed by atoms with van der Waals surface area (Å²) in [5.41, 5.74) is 0.432. The van der Waals surface area contributed by atoms with Gasteiger partial charge in [-0.15, -0.1) is 0 Å². The summed E-state index contributed by atoms with van der Waals surface area (Å²) < 4.78 is 24.2. The second-order valence-electron chi connectivity index (χ2n) is 4.49. The predicted molar refractivity (Wildman–Crippen MR) is 86.1 cm³/mol. The highest BCUT2D eigenvalue weighted by atomic mass is 79.9. The van der Waals surface area contributed by atoms with Crippen molar-refractivity contribution in [1.29, 1.82) is 0 Å². The van der Waals surface area contributed by atoms with Crippen LogP contribution in [0.3, 0.4) is 0 Å². The van der Waals surface area contributed by atoms with Crippen molar-refractivity contribution in [2.24, 2.45) is 0 Å². The number of nitrogens with zero attached hydrogens (tertiary/aromatic N) is 1. The average molecular weight is 399 g/mol. The summed E-state index contributed by atoms with van der Waals surface area (Å²) in [6.45, 7) is 0.432. The molecule has 8 heteroatoms. The third-order valence-electron chi connectivity index (χ3n) is 3.01. The van der Waals surface area contributed by atoms with Gasteiger partial charge in [-0.05, 0) is 34.1 Å². The molecule has 1 atom stereocenters. The molecule has 0 radical (unpaired) electrons. The number of rotatable bonds is 2. The van der Waals surface area contributed by atoms with Gasteiger partial charge < -0.3 is 4.90 Å². The number of sulfone groups is 1. The molecule has 0 aromatic heterocycles. The molecule has 1 aromatic carbocycles. The van der Waals surface area contributed by atoms with E-state index in [4.69, 9.17) is 11.6 Å². The number of halogens is 2. The Bertz CT molecular complexity index is 636. The minimum absolute atomic E-state index is 0.280. The summed E-state index contributed by atoms with van der Waals surface area (Å²) in [5, 5.41) is -0.251. The lowest BCUT2D eigenvalue weighted by Gasteiger charge is -2.34. The molecule has 4 nitrogen and oxygen atoms in total. The highest BCUT2D eigenvalue weighted by molar-refractivity contribution is 9.10. The molecule has 1 aliphatic heterocycles. The fourth-order valence-corrected chi connectivity index (χ4v) is 5.27. The third-order valence-corrected chi connectivity index (χ3v) is 6.86. The first kappa shape index (κ1) is 16.1. The maximum absolute atomic E-state index is 12.5.